The summed E-state index contributed by atoms with van der Waals surface area (Å²) in [4.78, 5) is 0. The molecule has 1 aromatic carbocycles. The molecular weight excluding hydrogens is 226 g/mol. The van der Waals surface area contributed by atoms with Gasteiger partial charge in [-0.3, -0.25) is 0 Å². The van der Waals surface area contributed by atoms with Crippen molar-refractivity contribution in [1.29, 1.82) is 0 Å². The van der Waals surface area contributed by atoms with Crippen molar-refractivity contribution in [1.82, 2.24) is 5.32 Å². The second kappa shape index (κ2) is 8.11. The van der Waals surface area contributed by atoms with E-state index in [1.807, 2.05) is 39.1 Å². The van der Waals surface area contributed by atoms with Gasteiger partial charge in [-0.1, -0.05) is 25.1 Å². The molecule has 0 aliphatic carbocycles. The number of rotatable bonds is 8. The number of benzene rings is 1. The lowest BCUT2D eigenvalue weighted by atomic mass is 10.0. The number of hydrogen-bond donors (Lipinski definition) is 1. The van der Waals surface area contributed by atoms with Gasteiger partial charge in [-0.05, 0) is 33.4 Å². The standard InChI is InChI=1S/C15H25NO2/c1-5-14(16-4)13-8-6-7-9-15(13)18-11-10-17-12(2)3/h6-9,12,14,16H,5,10-11H2,1-4H3. The van der Waals surface area contributed by atoms with Gasteiger partial charge >= 0.3 is 0 Å². The van der Waals surface area contributed by atoms with Crippen molar-refractivity contribution < 1.29 is 9.47 Å². The summed E-state index contributed by atoms with van der Waals surface area (Å²) in [5, 5.41) is 3.31. The smallest absolute Gasteiger partial charge is 0.124 e. The molecule has 1 rings (SSSR count). The van der Waals surface area contributed by atoms with E-state index in [4.69, 9.17) is 9.47 Å². The quantitative estimate of drug-likeness (QED) is 0.720. The second-order valence-electron chi connectivity index (χ2n) is 4.56. The highest BCUT2D eigenvalue weighted by Gasteiger charge is 2.11. The molecule has 1 atom stereocenters. The Morgan fingerprint density at radius 1 is 1.17 bits per heavy atom. The van der Waals surface area contributed by atoms with Gasteiger partial charge in [0.05, 0.1) is 12.7 Å². The number of ether oxygens (including phenoxy) is 2. The minimum Gasteiger partial charge on any atom is -0.491 e. The Morgan fingerprint density at radius 3 is 2.50 bits per heavy atom. The van der Waals surface area contributed by atoms with Gasteiger partial charge < -0.3 is 14.8 Å². The molecule has 3 heteroatoms. The summed E-state index contributed by atoms with van der Waals surface area (Å²) in [5.74, 6) is 0.950. The van der Waals surface area contributed by atoms with E-state index in [2.05, 4.69) is 18.3 Å². The zero-order valence-corrected chi connectivity index (χ0v) is 11.9. The molecule has 18 heavy (non-hydrogen) atoms. The molecule has 0 fully saturated rings. The molecule has 0 radical (unpaired) electrons. The molecule has 0 bridgehead atoms. The summed E-state index contributed by atoms with van der Waals surface area (Å²) in [6.07, 6.45) is 1.30. The van der Waals surface area contributed by atoms with Crippen LogP contribution in [-0.2, 0) is 4.74 Å². The summed E-state index contributed by atoms with van der Waals surface area (Å²) in [7, 11) is 1.98. The molecule has 0 aliphatic rings. The predicted molar refractivity (Wildman–Crippen MR) is 75.1 cm³/mol. The Labute approximate surface area is 110 Å². The predicted octanol–water partition coefficient (Wildman–Crippen LogP) is 3.16. The van der Waals surface area contributed by atoms with Crippen LogP contribution in [0.4, 0.5) is 0 Å². The topological polar surface area (TPSA) is 30.5 Å². The third-order valence-electron chi connectivity index (χ3n) is 2.84. The van der Waals surface area contributed by atoms with Crippen LogP contribution in [0.5, 0.6) is 5.75 Å². The van der Waals surface area contributed by atoms with E-state index >= 15 is 0 Å². The molecular formula is C15H25NO2. The van der Waals surface area contributed by atoms with Crippen molar-refractivity contribution in [3.63, 3.8) is 0 Å². The summed E-state index contributed by atoms with van der Waals surface area (Å²) >= 11 is 0. The Morgan fingerprint density at radius 2 is 1.89 bits per heavy atom. The van der Waals surface area contributed by atoms with Crippen LogP contribution in [-0.4, -0.2) is 26.4 Å². The maximum Gasteiger partial charge on any atom is 0.124 e. The molecule has 1 N–H and O–H groups in total. The lowest BCUT2D eigenvalue weighted by molar-refractivity contribution is 0.0549. The number of para-hydroxylation sites is 1. The molecule has 1 aromatic rings. The van der Waals surface area contributed by atoms with Crippen molar-refractivity contribution in [3.05, 3.63) is 29.8 Å². The van der Waals surface area contributed by atoms with Crippen molar-refractivity contribution in [3.8, 4) is 5.75 Å². The largest absolute Gasteiger partial charge is 0.491 e. The zero-order chi connectivity index (χ0) is 13.4. The average molecular weight is 251 g/mol. The van der Waals surface area contributed by atoms with Gasteiger partial charge in [-0.15, -0.1) is 0 Å². The molecule has 0 aromatic heterocycles. The normalized spacial score (nSPS) is 12.7. The zero-order valence-electron chi connectivity index (χ0n) is 11.9. The van der Waals surface area contributed by atoms with Crippen molar-refractivity contribution >= 4 is 0 Å². The lowest BCUT2D eigenvalue weighted by Crippen LogP contribution is -2.17. The number of nitrogens with one attached hydrogen (secondary N) is 1. The molecule has 102 valence electrons. The van der Waals surface area contributed by atoms with Crippen LogP contribution in [0, 0.1) is 0 Å². The van der Waals surface area contributed by atoms with Crippen LogP contribution < -0.4 is 10.1 Å². The van der Waals surface area contributed by atoms with Gasteiger partial charge in [-0.25, -0.2) is 0 Å². The van der Waals surface area contributed by atoms with Gasteiger partial charge in [0.1, 0.15) is 12.4 Å². The Hall–Kier alpha value is -1.06. The molecule has 0 saturated heterocycles. The van der Waals surface area contributed by atoms with E-state index in [1.54, 1.807) is 0 Å². The van der Waals surface area contributed by atoms with E-state index < -0.39 is 0 Å². The first kappa shape index (κ1) is 15.0. The molecule has 0 aliphatic heterocycles. The third kappa shape index (κ3) is 4.67. The van der Waals surface area contributed by atoms with Crippen molar-refractivity contribution in [2.45, 2.75) is 39.3 Å². The summed E-state index contributed by atoms with van der Waals surface area (Å²) < 4.78 is 11.3. The van der Waals surface area contributed by atoms with Gasteiger partial charge in [0.25, 0.3) is 0 Å². The van der Waals surface area contributed by atoms with Crippen molar-refractivity contribution in [2.24, 2.45) is 0 Å². The monoisotopic (exact) mass is 251 g/mol. The first-order valence-electron chi connectivity index (χ1n) is 6.69. The summed E-state index contributed by atoms with van der Waals surface area (Å²) in [6, 6.07) is 8.53. The van der Waals surface area contributed by atoms with E-state index in [-0.39, 0.29) is 6.10 Å². The first-order chi connectivity index (χ1) is 8.69. The minimum absolute atomic E-state index is 0.254. The van der Waals surface area contributed by atoms with E-state index in [1.165, 1.54) is 5.56 Å². The highest BCUT2D eigenvalue weighted by Crippen LogP contribution is 2.26. The molecule has 3 nitrogen and oxygen atoms in total. The molecule has 0 spiro atoms. The van der Waals surface area contributed by atoms with Crippen LogP contribution in [0.15, 0.2) is 24.3 Å². The average Bonchev–Trinajstić information content (AvgIpc) is 2.37. The van der Waals surface area contributed by atoms with Crippen LogP contribution in [0.25, 0.3) is 0 Å². The highest BCUT2D eigenvalue weighted by molar-refractivity contribution is 5.35. The van der Waals surface area contributed by atoms with Crippen LogP contribution in [0.3, 0.4) is 0 Å². The first-order valence-corrected chi connectivity index (χ1v) is 6.69. The van der Waals surface area contributed by atoms with E-state index in [0.29, 0.717) is 19.3 Å². The minimum atomic E-state index is 0.254. The van der Waals surface area contributed by atoms with Crippen LogP contribution in [0.2, 0.25) is 0 Å². The Bertz CT molecular complexity index is 335. The fraction of sp³-hybridized carbons (Fsp3) is 0.600. The summed E-state index contributed by atoms with van der Waals surface area (Å²) in [6.45, 7) is 7.45. The molecule has 0 saturated carbocycles. The lowest BCUT2D eigenvalue weighted by Gasteiger charge is -2.19. The fourth-order valence-electron chi connectivity index (χ4n) is 1.91. The molecule has 0 heterocycles. The van der Waals surface area contributed by atoms with Gasteiger partial charge in [0.15, 0.2) is 0 Å². The maximum atomic E-state index is 5.81. The van der Waals surface area contributed by atoms with Crippen LogP contribution >= 0.6 is 0 Å². The SMILES string of the molecule is CCC(NC)c1ccccc1OCCOC(C)C. The summed E-state index contributed by atoms with van der Waals surface area (Å²) in [5.41, 5.74) is 1.21. The Kier molecular flexibility index (Phi) is 6.76. The van der Waals surface area contributed by atoms with Gasteiger partial charge in [-0.2, -0.15) is 0 Å². The fourth-order valence-corrected chi connectivity index (χ4v) is 1.91. The van der Waals surface area contributed by atoms with Crippen LogP contribution in [0.1, 0.15) is 38.8 Å². The molecule has 0 amide bonds. The third-order valence-corrected chi connectivity index (χ3v) is 2.84. The van der Waals surface area contributed by atoms with E-state index in [9.17, 15) is 0 Å². The maximum absolute atomic E-state index is 5.81. The van der Waals surface area contributed by atoms with E-state index in [0.717, 1.165) is 12.2 Å². The highest BCUT2D eigenvalue weighted by atomic mass is 16.5. The second-order valence-corrected chi connectivity index (χ2v) is 4.56. The number of hydrogen-bond acceptors (Lipinski definition) is 3. The Balaban J connectivity index is 2.59. The van der Waals surface area contributed by atoms with Crippen molar-refractivity contribution in [2.75, 3.05) is 20.3 Å². The van der Waals surface area contributed by atoms with Gasteiger partial charge in [0.2, 0.25) is 0 Å². The van der Waals surface area contributed by atoms with Gasteiger partial charge in [0, 0.05) is 11.6 Å². The molecule has 1 unspecified atom stereocenters.